The molecule has 2 aromatic rings. The van der Waals surface area contributed by atoms with Gasteiger partial charge in [0.1, 0.15) is 0 Å². The molecule has 2 rings (SSSR count). The Morgan fingerprint density at radius 3 is 2.11 bits per heavy atom. The van der Waals surface area contributed by atoms with Crippen molar-refractivity contribution in [2.24, 2.45) is 0 Å². The number of aliphatic hydroxyl groups is 2. The number of hydrogen-bond acceptors (Lipinski definition) is 3. The highest BCUT2D eigenvalue weighted by atomic mass is 28.2. The van der Waals surface area contributed by atoms with E-state index in [9.17, 15) is 8.78 Å². The van der Waals surface area contributed by atoms with Crippen molar-refractivity contribution in [3.8, 4) is 11.1 Å². The van der Waals surface area contributed by atoms with E-state index in [1.807, 2.05) is 0 Å². The van der Waals surface area contributed by atoms with Crippen molar-refractivity contribution in [2.45, 2.75) is 6.48 Å². The van der Waals surface area contributed by atoms with Crippen LogP contribution in [0.5, 0.6) is 0 Å². The van der Waals surface area contributed by atoms with Crippen LogP contribution in [0, 0.1) is 11.6 Å². The van der Waals surface area contributed by atoms with Crippen LogP contribution in [0.1, 0.15) is 0 Å². The third-order valence-electron chi connectivity index (χ3n) is 2.42. The first kappa shape index (κ1) is 13.8. The first-order valence-corrected chi connectivity index (χ1v) is 6.30. The second kappa shape index (κ2) is 6.03. The van der Waals surface area contributed by atoms with Crippen LogP contribution < -0.4 is 5.19 Å². The summed E-state index contributed by atoms with van der Waals surface area (Å²) in [5.41, 5.74) is 1.30. The van der Waals surface area contributed by atoms with Gasteiger partial charge in [0.2, 0.25) is 0 Å². The zero-order chi connectivity index (χ0) is 13.8. The molecule has 0 amide bonds. The van der Waals surface area contributed by atoms with Gasteiger partial charge in [0.05, 0.1) is 0 Å². The smallest absolute Gasteiger partial charge is 0.275 e. The zero-order valence-corrected chi connectivity index (χ0v) is 10.7. The summed E-state index contributed by atoms with van der Waals surface area (Å²) in [6.07, 6.45) is 0. The Bertz CT molecular complexity index is 558. The van der Waals surface area contributed by atoms with Gasteiger partial charge in [-0.3, -0.25) is 0 Å². The van der Waals surface area contributed by atoms with Gasteiger partial charge in [0.15, 0.2) is 11.6 Å². The van der Waals surface area contributed by atoms with E-state index in [4.69, 9.17) is 10.2 Å². The molecule has 0 aliphatic rings. The number of hydrogen-bond donors (Lipinski definition) is 2. The predicted octanol–water partition coefficient (Wildman–Crippen LogP) is 1.16. The molecule has 0 aliphatic heterocycles. The van der Waals surface area contributed by atoms with Crippen LogP contribution in [0.4, 0.5) is 8.78 Å². The van der Waals surface area contributed by atoms with E-state index >= 15 is 0 Å². The van der Waals surface area contributed by atoms with E-state index in [1.54, 1.807) is 24.3 Å². The summed E-state index contributed by atoms with van der Waals surface area (Å²) < 4.78 is 30.6. The van der Waals surface area contributed by atoms with Crippen molar-refractivity contribution in [1.82, 2.24) is 0 Å². The minimum atomic E-state index is -1.80. The van der Waals surface area contributed by atoms with Crippen molar-refractivity contribution in [1.29, 1.82) is 0 Å². The van der Waals surface area contributed by atoms with Crippen LogP contribution >= 0.6 is 0 Å². The first-order chi connectivity index (χ1) is 9.06. The molecule has 0 unspecified atom stereocenters. The lowest BCUT2D eigenvalue weighted by Gasteiger charge is -2.06. The molecule has 0 spiro atoms. The van der Waals surface area contributed by atoms with E-state index in [-0.39, 0.29) is 9.76 Å². The van der Waals surface area contributed by atoms with E-state index in [0.717, 1.165) is 22.9 Å². The maximum atomic E-state index is 13.1. The van der Waals surface area contributed by atoms with E-state index in [0.29, 0.717) is 5.56 Å². The minimum absolute atomic E-state index is 0.200. The molecule has 0 aliphatic carbocycles. The van der Waals surface area contributed by atoms with Gasteiger partial charge in [-0.15, -0.1) is 0 Å². The molecule has 2 aromatic carbocycles. The molecular formula is C13H10F2O3Si. The fraction of sp³-hybridized carbons (Fsp3) is 0.0769. The Balaban J connectivity index is 2.15. The van der Waals surface area contributed by atoms with Crippen LogP contribution in [-0.4, -0.2) is 26.5 Å². The number of aliphatic hydroxyl groups excluding tert-OH is 1. The Hall–Kier alpha value is -1.60. The summed E-state index contributed by atoms with van der Waals surface area (Å²) in [4.78, 5) is 0. The molecule has 2 radical (unpaired) electrons. The average molecular weight is 280 g/mol. The summed E-state index contributed by atoms with van der Waals surface area (Å²) >= 11 is 0. The van der Waals surface area contributed by atoms with Crippen molar-refractivity contribution < 1.29 is 23.4 Å². The maximum absolute atomic E-state index is 13.1. The van der Waals surface area contributed by atoms with Crippen molar-refractivity contribution in [2.75, 3.05) is 0 Å². The Kier molecular flexibility index (Phi) is 4.38. The summed E-state index contributed by atoms with van der Waals surface area (Å²) in [5.74, 6) is -1.78. The van der Waals surface area contributed by atoms with E-state index in [1.165, 1.54) is 6.07 Å². The SMILES string of the molecule is OC(O)O[Si]c1ccc(-c2ccc(F)c(F)c2)cc1. The fourth-order valence-corrected chi connectivity index (χ4v) is 2.07. The fourth-order valence-electron chi connectivity index (χ4n) is 1.53. The molecule has 0 heterocycles. The summed E-state index contributed by atoms with van der Waals surface area (Å²) in [6, 6.07) is 10.6. The van der Waals surface area contributed by atoms with Gasteiger partial charge in [-0.25, -0.2) is 8.78 Å². The lowest BCUT2D eigenvalue weighted by Crippen LogP contribution is -2.23. The third-order valence-corrected chi connectivity index (χ3v) is 3.32. The van der Waals surface area contributed by atoms with Crippen LogP contribution in [0.3, 0.4) is 0 Å². The van der Waals surface area contributed by atoms with Gasteiger partial charge in [0, 0.05) is 0 Å². The van der Waals surface area contributed by atoms with Gasteiger partial charge in [-0.1, -0.05) is 30.3 Å². The van der Waals surface area contributed by atoms with E-state index < -0.39 is 18.1 Å². The van der Waals surface area contributed by atoms with Crippen LogP contribution in [0.2, 0.25) is 0 Å². The topological polar surface area (TPSA) is 49.7 Å². The minimum Gasteiger partial charge on any atom is -0.366 e. The van der Waals surface area contributed by atoms with Crippen LogP contribution in [0.25, 0.3) is 11.1 Å². The molecule has 0 saturated carbocycles. The Labute approximate surface area is 111 Å². The summed E-state index contributed by atoms with van der Waals surface area (Å²) in [5, 5.41) is 17.9. The molecule has 0 saturated heterocycles. The quantitative estimate of drug-likeness (QED) is 0.653. The highest BCUT2D eigenvalue weighted by Gasteiger charge is 2.06. The average Bonchev–Trinajstić information content (AvgIpc) is 2.40. The molecular weight excluding hydrogens is 270 g/mol. The number of rotatable bonds is 4. The Morgan fingerprint density at radius 2 is 1.53 bits per heavy atom. The molecule has 0 fully saturated rings. The second-order valence-electron chi connectivity index (χ2n) is 3.75. The zero-order valence-electron chi connectivity index (χ0n) is 9.68. The third kappa shape index (κ3) is 3.68. The van der Waals surface area contributed by atoms with Gasteiger partial charge in [-0.2, -0.15) is 0 Å². The van der Waals surface area contributed by atoms with Crippen molar-refractivity contribution in [3.63, 3.8) is 0 Å². The number of benzene rings is 2. The summed E-state index contributed by atoms with van der Waals surface area (Å²) in [7, 11) is -0.200. The molecule has 0 atom stereocenters. The van der Waals surface area contributed by atoms with Crippen LogP contribution in [0.15, 0.2) is 42.5 Å². The van der Waals surface area contributed by atoms with Crippen molar-refractivity contribution in [3.05, 3.63) is 54.1 Å². The molecule has 98 valence electrons. The molecule has 19 heavy (non-hydrogen) atoms. The molecule has 3 nitrogen and oxygen atoms in total. The Morgan fingerprint density at radius 1 is 0.895 bits per heavy atom. The van der Waals surface area contributed by atoms with Gasteiger partial charge >= 0.3 is 0 Å². The van der Waals surface area contributed by atoms with Crippen LogP contribution in [-0.2, 0) is 4.43 Å². The molecule has 0 aromatic heterocycles. The van der Waals surface area contributed by atoms with E-state index in [2.05, 4.69) is 4.43 Å². The lowest BCUT2D eigenvalue weighted by atomic mass is 10.1. The monoisotopic (exact) mass is 280 g/mol. The molecule has 0 bridgehead atoms. The highest BCUT2D eigenvalue weighted by molar-refractivity contribution is 6.46. The second-order valence-corrected chi connectivity index (χ2v) is 4.77. The van der Waals surface area contributed by atoms with Gasteiger partial charge < -0.3 is 14.6 Å². The first-order valence-electron chi connectivity index (χ1n) is 5.39. The van der Waals surface area contributed by atoms with Gasteiger partial charge in [0.25, 0.3) is 16.2 Å². The lowest BCUT2D eigenvalue weighted by molar-refractivity contribution is -0.179. The predicted molar refractivity (Wildman–Crippen MR) is 66.5 cm³/mol. The van der Waals surface area contributed by atoms with Gasteiger partial charge in [-0.05, 0) is 28.4 Å². The highest BCUT2D eigenvalue weighted by Crippen LogP contribution is 2.20. The number of halogens is 2. The standard InChI is InChI=1S/C13H10F2O3Si/c14-11-6-3-9(7-12(11)15)8-1-4-10(5-2-8)19-18-13(16)17/h1-7,13,16-17H. The largest absolute Gasteiger partial charge is 0.366 e. The van der Waals surface area contributed by atoms with Crippen molar-refractivity contribution >= 4 is 14.9 Å². The summed E-state index contributed by atoms with van der Waals surface area (Å²) in [6.45, 7) is -1.80. The maximum Gasteiger partial charge on any atom is 0.275 e. The normalized spacial score (nSPS) is 11.0. The molecule has 2 N–H and O–H groups in total. The molecule has 6 heteroatoms.